The van der Waals surface area contributed by atoms with Crippen LogP contribution in [0.2, 0.25) is 0 Å². The van der Waals surface area contributed by atoms with Gasteiger partial charge < -0.3 is 4.74 Å². The molecule has 1 nitrogen and oxygen atoms in total. The summed E-state index contributed by atoms with van der Waals surface area (Å²) in [5, 5.41) is 0. The second-order valence-corrected chi connectivity index (χ2v) is 4.13. The Kier molecular flexibility index (Phi) is 3.83. The molecule has 1 aromatic rings. The van der Waals surface area contributed by atoms with Crippen LogP contribution in [0, 0.1) is 5.92 Å². The Balaban J connectivity index is 3.07. The number of halogens is 3. The van der Waals surface area contributed by atoms with Crippen molar-refractivity contribution in [3.05, 3.63) is 29.3 Å². The van der Waals surface area contributed by atoms with Gasteiger partial charge in [-0.3, -0.25) is 0 Å². The zero-order valence-corrected chi connectivity index (χ0v) is 9.56. The van der Waals surface area contributed by atoms with Crippen LogP contribution >= 0.6 is 0 Å². The number of hydrogen-bond acceptors (Lipinski definition) is 1. The molecule has 0 atom stereocenters. The first kappa shape index (κ1) is 12.9. The van der Waals surface area contributed by atoms with Crippen LogP contribution < -0.4 is 4.74 Å². The molecule has 0 heterocycles. The highest BCUT2D eigenvalue weighted by Crippen LogP contribution is 2.36. The Morgan fingerprint density at radius 2 is 1.88 bits per heavy atom. The normalized spacial score (nSPS) is 11.9. The molecule has 0 saturated carbocycles. The molecule has 0 aliphatic carbocycles. The van der Waals surface area contributed by atoms with Crippen molar-refractivity contribution >= 4 is 0 Å². The quantitative estimate of drug-likeness (QED) is 0.767. The van der Waals surface area contributed by atoms with Gasteiger partial charge in [-0.2, -0.15) is 13.2 Å². The van der Waals surface area contributed by atoms with E-state index in [4.69, 9.17) is 4.74 Å². The third kappa shape index (κ3) is 3.15. The Bertz CT molecular complexity index is 356. The Labute approximate surface area is 93.2 Å². The van der Waals surface area contributed by atoms with E-state index in [1.54, 1.807) is 0 Å². The van der Waals surface area contributed by atoms with Crippen LogP contribution in [0.5, 0.6) is 5.75 Å². The van der Waals surface area contributed by atoms with E-state index < -0.39 is 11.7 Å². The molecule has 0 radical (unpaired) electrons. The summed E-state index contributed by atoms with van der Waals surface area (Å²) in [4.78, 5) is 0. The lowest BCUT2D eigenvalue weighted by Crippen LogP contribution is -2.08. The molecule has 16 heavy (non-hydrogen) atoms. The molecule has 0 saturated heterocycles. The predicted octanol–water partition coefficient (Wildman–Crippen LogP) is 3.91. The summed E-state index contributed by atoms with van der Waals surface area (Å²) in [6.07, 6.45) is -3.61. The standard InChI is InChI=1S/C12H15F3O/c1-8(2)6-9-4-5-10(12(13,14)15)11(7-9)16-3/h4-5,7-8H,6H2,1-3H3. The average Bonchev–Trinajstić information content (AvgIpc) is 2.14. The minimum atomic E-state index is -4.36. The van der Waals surface area contributed by atoms with Crippen molar-refractivity contribution in [2.75, 3.05) is 7.11 Å². The number of alkyl halides is 3. The molecule has 0 fully saturated rings. The van der Waals surface area contributed by atoms with Gasteiger partial charge in [-0.05, 0) is 30.0 Å². The van der Waals surface area contributed by atoms with Crippen molar-refractivity contribution in [3.8, 4) is 5.75 Å². The minimum Gasteiger partial charge on any atom is -0.496 e. The zero-order valence-electron chi connectivity index (χ0n) is 9.56. The molecule has 0 spiro atoms. The number of ether oxygens (including phenoxy) is 1. The van der Waals surface area contributed by atoms with Crippen LogP contribution in [0.25, 0.3) is 0 Å². The van der Waals surface area contributed by atoms with Crippen LogP contribution in [0.1, 0.15) is 25.0 Å². The maximum Gasteiger partial charge on any atom is 0.419 e. The van der Waals surface area contributed by atoms with Crippen molar-refractivity contribution in [1.82, 2.24) is 0 Å². The van der Waals surface area contributed by atoms with Gasteiger partial charge in [0, 0.05) is 0 Å². The Hall–Kier alpha value is -1.19. The van der Waals surface area contributed by atoms with Gasteiger partial charge in [0.1, 0.15) is 5.75 Å². The van der Waals surface area contributed by atoms with Crippen molar-refractivity contribution in [2.24, 2.45) is 5.92 Å². The maximum absolute atomic E-state index is 12.5. The SMILES string of the molecule is COc1cc(CC(C)C)ccc1C(F)(F)F. The van der Waals surface area contributed by atoms with E-state index in [0.29, 0.717) is 5.92 Å². The summed E-state index contributed by atoms with van der Waals surface area (Å²) in [7, 11) is 1.25. The predicted molar refractivity (Wildman–Crippen MR) is 56.5 cm³/mol. The van der Waals surface area contributed by atoms with Gasteiger partial charge in [-0.25, -0.2) is 0 Å². The summed E-state index contributed by atoms with van der Waals surface area (Å²) in [5.74, 6) is 0.298. The van der Waals surface area contributed by atoms with E-state index in [-0.39, 0.29) is 5.75 Å². The smallest absolute Gasteiger partial charge is 0.419 e. The Morgan fingerprint density at radius 3 is 2.31 bits per heavy atom. The molecule has 1 aromatic carbocycles. The van der Waals surface area contributed by atoms with Crippen LogP contribution in [0.4, 0.5) is 13.2 Å². The molecule has 90 valence electrons. The summed E-state index contributed by atoms with van der Waals surface area (Å²) < 4.78 is 42.4. The number of rotatable bonds is 3. The molecule has 0 bridgehead atoms. The second-order valence-electron chi connectivity index (χ2n) is 4.13. The molecule has 0 amide bonds. The topological polar surface area (TPSA) is 9.23 Å². The Morgan fingerprint density at radius 1 is 1.25 bits per heavy atom. The van der Waals surface area contributed by atoms with Crippen LogP contribution in [-0.2, 0) is 12.6 Å². The van der Waals surface area contributed by atoms with Crippen LogP contribution in [-0.4, -0.2) is 7.11 Å². The molecular formula is C12H15F3O. The van der Waals surface area contributed by atoms with E-state index >= 15 is 0 Å². The fraction of sp³-hybridized carbons (Fsp3) is 0.500. The van der Waals surface area contributed by atoms with Crippen molar-refractivity contribution < 1.29 is 17.9 Å². The highest BCUT2D eigenvalue weighted by Gasteiger charge is 2.34. The first-order valence-electron chi connectivity index (χ1n) is 5.08. The number of hydrogen-bond donors (Lipinski definition) is 0. The highest BCUT2D eigenvalue weighted by atomic mass is 19.4. The third-order valence-electron chi connectivity index (χ3n) is 2.22. The summed E-state index contributed by atoms with van der Waals surface area (Å²) in [5.41, 5.74) is 0.141. The zero-order chi connectivity index (χ0) is 12.3. The van der Waals surface area contributed by atoms with Crippen molar-refractivity contribution in [3.63, 3.8) is 0 Å². The van der Waals surface area contributed by atoms with Gasteiger partial charge in [-0.1, -0.05) is 19.9 Å². The van der Waals surface area contributed by atoms with E-state index in [1.807, 2.05) is 13.8 Å². The van der Waals surface area contributed by atoms with E-state index in [1.165, 1.54) is 19.2 Å². The van der Waals surface area contributed by atoms with E-state index in [2.05, 4.69) is 0 Å². The number of benzene rings is 1. The van der Waals surface area contributed by atoms with Crippen LogP contribution in [0.3, 0.4) is 0 Å². The molecule has 0 aromatic heterocycles. The van der Waals surface area contributed by atoms with E-state index in [0.717, 1.165) is 18.1 Å². The van der Waals surface area contributed by atoms with Gasteiger partial charge >= 0.3 is 6.18 Å². The van der Waals surface area contributed by atoms with Gasteiger partial charge in [-0.15, -0.1) is 0 Å². The molecule has 1 rings (SSSR count). The summed E-state index contributed by atoms with van der Waals surface area (Å²) >= 11 is 0. The van der Waals surface area contributed by atoms with Crippen molar-refractivity contribution in [1.29, 1.82) is 0 Å². The lowest BCUT2D eigenvalue weighted by atomic mass is 10.0. The third-order valence-corrected chi connectivity index (χ3v) is 2.22. The first-order valence-corrected chi connectivity index (χ1v) is 5.08. The molecule has 0 N–H and O–H groups in total. The monoisotopic (exact) mass is 232 g/mol. The summed E-state index contributed by atoms with van der Waals surface area (Å²) in [6.45, 7) is 4.04. The van der Waals surface area contributed by atoms with Crippen LogP contribution in [0.15, 0.2) is 18.2 Å². The maximum atomic E-state index is 12.5. The lowest BCUT2D eigenvalue weighted by Gasteiger charge is -2.13. The molecule has 0 unspecified atom stereocenters. The van der Waals surface area contributed by atoms with Crippen molar-refractivity contribution in [2.45, 2.75) is 26.4 Å². The largest absolute Gasteiger partial charge is 0.496 e. The van der Waals surface area contributed by atoms with Gasteiger partial charge in [0.15, 0.2) is 0 Å². The van der Waals surface area contributed by atoms with Gasteiger partial charge in [0.05, 0.1) is 12.7 Å². The van der Waals surface area contributed by atoms with Gasteiger partial charge in [0.25, 0.3) is 0 Å². The van der Waals surface area contributed by atoms with Gasteiger partial charge in [0.2, 0.25) is 0 Å². The summed E-state index contributed by atoms with van der Waals surface area (Å²) in [6, 6.07) is 4.05. The average molecular weight is 232 g/mol. The van der Waals surface area contributed by atoms with E-state index in [9.17, 15) is 13.2 Å². The highest BCUT2D eigenvalue weighted by molar-refractivity contribution is 5.39. The molecular weight excluding hydrogens is 217 g/mol. The molecule has 4 heteroatoms. The fourth-order valence-corrected chi connectivity index (χ4v) is 1.57. The second kappa shape index (κ2) is 4.76. The minimum absolute atomic E-state index is 0.106. The lowest BCUT2D eigenvalue weighted by molar-refractivity contribution is -0.138. The molecule has 0 aliphatic rings. The first-order chi connectivity index (χ1) is 7.34. The fourth-order valence-electron chi connectivity index (χ4n) is 1.57. The molecule has 0 aliphatic heterocycles. The number of methoxy groups -OCH3 is 1.